The largest absolute Gasteiger partial charge is 0.342 e. The molecule has 0 aromatic heterocycles. The molecular formula is C9H16N2O. The molecule has 0 aromatic carbocycles. The number of piperidine rings is 1. The normalized spacial score (nSPS) is 26.9. The number of nitrogens with one attached hydrogen (secondary N) is 1. The Morgan fingerprint density at radius 2 is 1.92 bits per heavy atom. The minimum atomic E-state index is 0.235. The molecule has 0 saturated carbocycles. The molecule has 12 heavy (non-hydrogen) atoms. The second kappa shape index (κ2) is 2.73. The quantitative estimate of drug-likeness (QED) is 0.561. The first-order valence-electron chi connectivity index (χ1n) is 4.68. The maximum Gasteiger partial charge on any atom is 0.219 e. The fourth-order valence-corrected chi connectivity index (χ4v) is 2.26. The van der Waals surface area contributed by atoms with E-state index in [1.807, 2.05) is 4.90 Å². The zero-order valence-electron chi connectivity index (χ0n) is 7.60. The molecule has 0 aromatic rings. The monoisotopic (exact) mass is 168 g/mol. The Kier molecular flexibility index (Phi) is 1.83. The fraction of sp³-hybridized carbons (Fsp3) is 0.889. The van der Waals surface area contributed by atoms with Gasteiger partial charge in [-0.25, -0.2) is 0 Å². The number of likely N-dealkylation sites (tertiary alicyclic amines) is 1. The van der Waals surface area contributed by atoms with Gasteiger partial charge in [-0.3, -0.25) is 4.79 Å². The standard InChI is InChI=1S/C9H16N2O/c1-8(12)11-6-9(7-11)2-4-10-5-3-9/h10H,2-7H2,1H3. The van der Waals surface area contributed by atoms with E-state index in [1.54, 1.807) is 6.92 Å². The number of carbonyl (C=O) groups is 1. The predicted molar refractivity (Wildman–Crippen MR) is 46.8 cm³/mol. The molecule has 1 spiro atoms. The Hall–Kier alpha value is -0.570. The van der Waals surface area contributed by atoms with Gasteiger partial charge in [0.25, 0.3) is 0 Å². The van der Waals surface area contributed by atoms with Gasteiger partial charge >= 0.3 is 0 Å². The van der Waals surface area contributed by atoms with Crippen molar-refractivity contribution in [1.82, 2.24) is 10.2 Å². The van der Waals surface area contributed by atoms with Gasteiger partial charge < -0.3 is 10.2 Å². The third-order valence-corrected chi connectivity index (χ3v) is 3.16. The molecule has 0 aliphatic carbocycles. The molecule has 3 heteroatoms. The maximum atomic E-state index is 11.0. The van der Waals surface area contributed by atoms with Crippen LogP contribution >= 0.6 is 0 Å². The van der Waals surface area contributed by atoms with Crippen LogP contribution < -0.4 is 5.32 Å². The molecule has 1 N–H and O–H groups in total. The molecule has 2 saturated heterocycles. The van der Waals surface area contributed by atoms with Gasteiger partial charge in [0, 0.05) is 25.4 Å². The summed E-state index contributed by atoms with van der Waals surface area (Å²) in [6, 6.07) is 0. The van der Waals surface area contributed by atoms with Crippen molar-refractivity contribution in [2.24, 2.45) is 5.41 Å². The minimum Gasteiger partial charge on any atom is -0.342 e. The minimum absolute atomic E-state index is 0.235. The van der Waals surface area contributed by atoms with Crippen molar-refractivity contribution in [3.05, 3.63) is 0 Å². The highest BCUT2D eigenvalue weighted by Gasteiger charge is 2.44. The first-order valence-corrected chi connectivity index (χ1v) is 4.68. The van der Waals surface area contributed by atoms with Crippen LogP contribution in [0.5, 0.6) is 0 Å². The van der Waals surface area contributed by atoms with E-state index in [9.17, 15) is 4.79 Å². The van der Waals surface area contributed by atoms with E-state index in [0.29, 0.717) is 5.41 Å². The van der Waals surface area contributed by atoms with Gasteiger partial charge in [0.1, 0.15) is 0 Å². The Labute approximate surface area is 73.1 Å². The molecule has 3 nitrogen and oxygen atoms in total. The number of rotatable bonds is 0. The van der Waals surface area contributed by atoms with E-state index in [4.69, 9.17) is 0 Å². The average Bonchev–Trinajstić information content (AvgIpc) is 2.01. The van der Waals surface area contributed by atoms with Crippen LogP contribution in [0.15, 0.2) is 0 Å². The van der Waals surface area contributed by atoms with Gasteiger partial charge in [0.2, 0.25) is 5.91 Å². The smallest absolute Gasteiger partial charge is 0.219 e. The van der Waals surface area contributed by atoms with Crippen LogP contribution in [-0.4, -0.2) is 37.0 Å². The van der Waals surface area contributed by atoms with Crippen LogP contribution in [0.2, 0.25) is 0 Å². The molecular weight excluding hydrogens is 152 g/mol. The number of nitrogens with zero attached hydrogens (tertiary/aromatic N) is 1. The number of hydrogen-bond acceptors (Lipinski definition) is 2. The van der Waals surface area contributed by atoms with E-state index < -0.39 is 0 Å². The number of amides is 1. The highest BCUT2D eigenvalue weighted by Crippen LogP contribution is 2.38. The molecule has 0 bridgehead atoms. The highest BCUT2D eigenvalue weighted by molar-refractivity contribution is 5.74. The van der Waals surface area contributed by atoms with Crippen molar-refractivity contribution in [1.29, 1.82) is 0 Å². The third kappa shape index (κ3) is 1.22. The topological polar surface area (TPSA) is 32.3 Å². The summed E-state index contributed by atoms with van der Waals surface area (Å²) >= 11 is 0. The van der Waals surface area contributed by atoms with Crippen LogP contribution in [0.4, 0.5) is 0 Å². The van der Waals surface area contributed by atoms with Crippen LogP contribution in [0.25, 0.3) is 0 Å². The van der Waals surface area contributed by atoms with Crippen LogP contribution in [-0.2, 0) is 4.79 Å². The zero-order valence-corrected chi connectivity index (χ0v) is 7.60. The van der Waals surface area contributed by atoms with E-state index in [0.717, 1.165) is 26.2 Å². The van der Waals surface area contributed by atoms with E-state index in [-0.39, 0.29) is 5.91 Å². The van der Waals surface area contributed by atoms with Crippen molar-refractivity contribution < 1.29 is 4.79 Å². The molecule has 2 fully saturated rings. The SMILES string of the molecule is CC(=O)N1CC2(CCNCC2)C1. The number of hydrogen-bond donors (Lipinski definition) is 1. The highest BCUT2D eigenvalue weighted by atomic mass is 16.2. The second-order valence-electron chi connectivity index (χ2n) is 4.13. The summed E-state index contributed by atoms with van der Waals surface area (Å²) < 4.78 is 0. The maximum absolute atomic E-state index is 11.0. The van der Waals surface area contributed by atoms with E-state index in [1.165, 1.54) is 12.8 Å². The molecule has 0 radical (unpaired) electrons. The molecule has 0 unspecified atom stereocenters. The average molecular weight is 168 g/mol. The van der Waals surface area contributed by atoms with Crippen LogP contribution in [0, 0.1) is 5.41 Å². The molecule has 2 rings (SSSR count). The molecule has 68 valence electrons. The Morgan fingerprint density at radius 1 is 1.33 bits per heavy atom. The second-order valence-corrected chi connectivity index (χ2v) is 4.13. The summed E-state index contributed by atoms with van der Waals surface area (Å²) in [4.78, 5) is 12.9. The van der Waals surface area contributed by atoms with E-state index >= 15 is 0 Å². The number of carbonyl (C=O) groups excluding carboxylic acids is 1. The lowest BCUT2D eigenvalue weighted by atomic mass is 9.72. The van der Waals surface area contributed by atoms with E-state index in [2.05, 4.69) is 5.32 Å². The molecule has 0 atom stereocenters. The summed E-state index contributed by atoms with van der Waals surface area (Å²) in [5.74, 6) is 0.235. The molecule has 1 amide bonds. The first-order chi connectivity index (χ1) is 5.72. The summed E-state index contributed by atoms with van der Waals surface area (Å²) in [5, 5.41) is 3.35. The van der Waals surface area contributed by atoms with Gasteiger partial charge in [-0.2, -0.15) is 0 Å². The van der Waals surface area contributed by atoms with Crippen LogP contribution in [0.3, 0.4) is 0 Å². The summed E-state index contributed by atoms with van der Waals surface area (Å²) in [6.45, 7) is 5.93. The van der Waals surface area contributed by atoms with Gasteiger partial charge in [-0.05, 0) is 25.9 Å². The van der Waals surface area contributed by atoms with Crippen molar-refractivity contribution >= 4 is 5.91 Å². The van der Waals surface area contributed by atoms with Gasteiger partial charge in [0.15, 0.2) is 0 Å². The van der Waals surface area contributed by atoms with Crippen molar-refractivity contribution in [3.63, 3.8) is 0 Å². The summed E-state index contributed by atoms with van der Waals surface area (Å²) in [5.41, 5.74) is 0.497. The molecule has 2 aliphatic rings. The fourth-order valence-electron chi connectivity index (χ4n) is 2.26. The van der Waals surface area contributed by atoms with Crippen molar-refractivity contribution in [2.75, 3.05) is 26.2 Å². The zero-order chi connectivity index (χ0) is 8.60. The summed E-state index contributed by atoms with van der Waals surface area (Å²) in [6.07, 6.45) is 2.49. The molecule has 2 heterocycles. The van der Waals surface area contributed by atoms with Crippen molar-refractivity contribution in [3.8, 4) is 0 Å². The molecule has 2 aliphatic heterocycles. The Bertz CT molecular complexity index is 189. The first kappa shape index (κ1) is 8.05. The Balaban J connectivity index is 1.88. The lowest BCUT2D eigenvalue weighted by Crippen LogP contribution is -2.61. The predicted octanol–water partition coefficient (Wildman–Crippen LogP) is 0.218. The lowest BCUT2D eigenvalue weighted by Gasteiger charge is -2.52. The van der Waals surface area contributed by atoms with Gasteiger partial charge in [0.05, 0.1) is 0 Å². The van der Waals surface area contributed by atoms with Gasteiger partial charge in [-0.15, -0.1) is 0 Å². The summed E-state index contributed by atoms with van der Waals surface area (Å²) in [7, 11) is 0. The Morgan fingerprint density at radius 3 is 2.42 bits per heavy atom. The lowest BCUT2D eigenvalue weighted by molar-refractivity contribution is -0.142. The van der Waals surface area contributed by atoms with Crippen LogP contribution in [0.1, 0.15) is 19.8 Å². The third-order valence-electron chi connectivity index (χ3n) is 3.16. The van der Waals surface area contributed by atoms with Gasteiger partial charge in [-0.1, -0.05) is 0 Å². The van der Waals surface area contributed by atoms with Crippen molar-refractivity contribution in [2.45, 2.75) is 19.8 Å².